The molecule has 126 valence electrons. The van der Waals surface area contributed by atoms with E-state index >= 15 is 0 Å². The average Bonchev–Trinajstić information content (AvgIpc) is 2.56. The highest BCUT2D eigenvalue weighted by atomic mass is 16.5. The first-order chi connectivity index (χ1) is 11.1. The summed E-state index contributed by atoms with van der Waals surface area (Å²) in [4.78, 5) is 14.4. The molecule has 1 heterocycles. The van der Waals surface area contributed by atoms with Gasteiger partial charge >= 0.3 is 5.97 Å². The van der Waals surface area contributed by atoms with E-state index in [9.17, 15) is 4.79 Å². The van der Waals surface area contributed by atoms with E-state index in [0.717, 1.165) is 37.7 Å². The van der Waals surface area contributed by atoms with Crippen molar-refractivity contribution in [2.24, 2.45) is 5.73 Å². The Morgan fingerprint density at radius 1 is 1.35 bits per heavy atom. The number of unbranched alkanes of at least 4 members (excludes halogenated alkanes) is 1. The Morgan fingerprint density at radius 2 is 2.00 bits per heavy atom. The smallest absolute Gasteiger partial charge is 0.313 e. The number of hydrogen-bond donors (Lipinski definition) is 2. The minimum absolute atomic E-state index is 0.0639. The summed E-state index contributed by atoms with van der Waals surface area (Å²) in [5.74, 6) is -0.201. The number of nitrogens with two attached hydrogens (primary N) is 1. The second kappa shape index (κ2) is 8.56. The Morgan fingerprint density at radius 3 is 2.57 bits per heavy atom. The molecule has 1 aromatic rings. The number of guanidine groups is 1. The van der Waals surface area contributed by atoms with Gasteiger partial charge < -0.3 is 15.4 Å². The molecule has 1 saturated heterocycles. The van der Waals surface area contributed by atoms with Crippen LogP contribution in [0.25, 0.3) is 0 Å². The van der Waals surface area contributed by atoms with Crippen LogP contribution >= 0.6 is 0 Å². The first-order valence-corrected chi connectivity index (χ1v) is 8.46. The zero-order valence-electron chi connectivity index (χ0n) is 13.8. The summed E-state index contributed by atoms with van der Waals surface area (Å²) >= 11 is 0. The lowest BCUT2D eigenvalue weighted by Crippen LogP contribution is -2.44. The van der Waals surface area contributed by atoms with Gasteiger partial charge in [0.05, 0.1) is 5.92 Å². The van der Waals surface area contributed by atoms with Crippen LogP contribution in [0.4, 0.5) is 0 Å². The van der Waals surface area contributed by atoms with Crippen molar-refractivity contribution >= 4 is 11.9 Å². The Bertz CT molecular complexity index is 510. The van der Waals surface area contributed by atoms with Gasteiger partial charge in [0.25, 0.3) is 0 Å². The van der Waals surface area contributed by atoms with E-state index in [1.54, 1.807) is 0 Å². The van der Waals surface area contributed by atoms with Gasteiger partial charge in [0.2, 0.25) is 0 Å². The molecule has 1 unspecified atom stereocenters. The molecule has 0 aliphatic carbocycles. The third kappa shape index (κ3) is 4.98. The number of carbonyl (C=O) groups excluding carboxylic acids is 1. The minimum Gasteiger partial charge on any atom is -0.462 e. The van der Waals surface area contributed by atoms with Crippen molar-refractivity contribution in [3.05, 3.63) is 35.9 Å². The maximum atomic E-state index is 12.6. The van der Waals surface area contributed by atoms with Crippen LogP contribution in [0.3, 0.4) is 0 Å². The summed E-state index contributed by atoms with van der Waals surface area (Å²) in [6.07, 6.45) is 4.31. The van der Waals surface area contributed by atoms with E-state index < -0.39 is 0 Å². The summed E-state index contributed by atoms with van der Waals surface area (Å²) in [5, 5.41) is 7.45. The largest absolute Gasteiger partial charge is 0.462 e. The number of piperidine rings is 1. The first kappa shape index (κ1) is 17.3. The second-order valence-electron chi connectivity index (χ2n) is 6.11. The maximum Gasteiger partial charge on any atom is 0.313 e. The topological polar surface area (TPSA) is 79.4 Å². The summed E-state index contributed by atoms with van der Waals surface area (Å²) in [7, 11) is 0. The van der Waals surface area contributed by atoms with Gasteiger partial charge in [0, 0.05) is 25.9 Å². The standard InChI is InChI=1S/C18H27N3O2/c1-2-3-9-16(14-7-5-4-6-8-14)17(22)23-15-10-12-21(13-11-15)18(19)20/h4-8,15-16H,2-3,9-13H2,1H3,(H3,19,20). The third-order valence-corrected chi connectivity index (χ3v) is 4.40. The van der Waals surface area contributed by atoms with Crippen LogP contribution in [-0.2, 0) is 9.53 Å². The molecule has 0 aromatic heterocycles. The van der Waals surface area contributed by atoms with Crippen molar-refractivity contribution < 1.29 is 9.53 Å². The van der Waals surface area contributed by atoms with Gasteiger partial charge in [-0.3, -0.25) is 10.2 Å². The number of ether oxygens (including phenoxy) is 1. The van der Waals surface area contributed by atoms with E-state index in [1.807, 2.05) is 35.2 Å². The Balaban J connectivity index is 1.94. The predicted molar refractivity (Wildman–Crippen MR) is 91.3 cm³/mol. The molecule has 1 aliphatic heterocycles. The van der Waals surface area contributed by atoms with Crippen LogP contribution in [0.5, 0.6) is 0 Å². The molecule has 1 aromatic carbocycles. The molecule has 5 nitrogen and oxygen atoms in total. The van der Waals surface area contributed by atoms with Crippen molar-refractivity contribution in [3.8, 4) is 0 Å². The number of carbonyl (C=O) groups is 1. The van der Waals surface area contributed by atoms with Crippen LogP contribution in [0.2, 0.25) is 0 Å². The van der Waals surface area contributed by atoms with Gasteiger partial charge in [-0.1, -0.05) is 50.1 Å². The van der Waals surface area contributed by atoms with E-state index in [0.29, 0.717) is 13.1 Å². The van der Waals surface area contributed by atoms with Crippen molar-refractivity contribution in [2.45, 2.75) is 51.0 Å². The fourth-order valence-corrected chi connectivity index (χ4v) is 2.98. The Kier molecular flexibility index (Phi) is 6.44. The molecule has 1 aliphatic rings. The Labute approximate surface area is 138 Å². The van der Waals surface area contributed by atoms with Crippen LogP contribution < -0.4 is 5.73 Å². The summed E-state index contributed by atoms with van der Waals surface area (Å²) in [6, 6.07) is 9.89. The molecule has 0 radical (unpaired) electrons. The van der Waals surface area contributed by atoms with Crippen LogP contribution in [0.15, 0.2) is 30.3 Å². The minimum atomic E-state index is -0.179. The Hall–Kier alpha value is -2.04. The number of hydrogen-bond acceptors (Lipinski definition) is 3. The number of benzene rings is 1. The van der Waals surface area contributed by atoms with Crippen molar-refractivity contribution in [2.75, 3.05) is 13.1 Å². The SMILES string of the molecule is CCCCC(C(=O)OC1CCN(C(=N)N)CC1)c1ccccc1. The van der Waals surface area contributed by atoms with Gasteiger partial charge in [-0.15, -0.1) is 0 Å². The van der Waals surface area contributed by atoms with Crippen molar-refractivity contribution in [1.29, 1.82) is 5.41 Å². The first-order valence-electron chi connectivity index (χ1n) is 8.46. The van der Waals surface area contributed by atoms with Gasteiger partial charge in [0.15, 0.2) is 5.96 Å². The average molecular weight is 317 g/mol. The molecule has 0 bridgehead atoms. The molecule has 1 atom stereocenters. The molecule has 1 fully saturated rings. The highest BCUT2D eigenvalue weighted by Crippen LogP contribution is 2.25. The quantitative estimate of drug-likeness (QED) is 0.480. The molecule has 23 heavy (non-hydrogen) atoms. The summed E-state index contributed by atoms with van der Waals surface area (Å²) in [5.41, 5.74) is 6.53. The molecular formula is C18H27N3O2. The molecule has 0 spiro atoms. The monoisotopic (exact) mass is 317 g/mol. The highest BCUT2D eigenvalue weighted by Gasteiger charge is 2.27. The molecule has 5 heteroatoms. The number of nitrogens with zero attached hydrogens (tertiary/aromatic N) is 1. The normalized spacial score (nSPS) is 16.8. The lowest BCUT2D eigenvalue weighted by atomic mass is 9.93. The summed E-state index contributed by atoms with van der Waals surface area (Å²) < 4.78 is 5.76. The lowest BCUT2D eigenvalue weighted by Gasteiger charge is -2.32. The van der Waals surface area contributed by atoms with Gasteiger partial charge in [-0.2, -0.15) is 0 Å². The lowest BCUT2D eigenvalue weighted by molar-refractivity contribution is -0.153. The zero-order chi connectivity index (χ0) is 16.7. The van der Waals surface area contributed by atoms with E-state index in [4.69, 9.17) is 15.9 Å². The fraction of sp³-hybridized carbons (Fsp3) is 0.556. The highest BCUT2D eigenvalue weighted by molar-refractivity contribution is 5.78. The number of rotatable bonds is 6. The van der Waals surface area contributed by atoms with Crippen molar-refractivity contribution in [3.63, 3.8) is 0 Å². The van der Waals surface area contributed by atoms with Gasteiger partial charge in [-0.25, -0.2) is 0 Å². The zero-order valence-corrected chi connectivity index (χ0v) is 13.8. The van der Waals surface area contributed by atoms with Gasteiger partial charge in [-0.05, 0) is 12.0 Å². The van der Waals surface area contributed by atoms with Crippen molar-refractivity contribution in [1.82, 2.24) is 4.90 Å². The second-order valence-corrected chi connectivity index (χ2v) is 6.11. The molecule has 0 amide bonds. The summed E-state index contributed by atoms with van der Waals surface area (Å²) in [6.45, 7) is 3.49. The number of nitrogens with one attached hydrogen (secondary N) is 1. The van der Waals surface area contributed by atoms with Crippen LogP contribution in [-0.4, -0.2) is 36.0 Å². The molecule has 2 rings (SSSR count). The molecule has 3 N–H and O–H groups in total. The molecular weight excluding hydrogens is 290 g/mol. The molecule has 0 saturated carbocycles. The van der Waals surface area contributed by atoms with Crippen LogP contribution in [0.1, 0.15) is 50.5 Å². The van der Waals surface area contributed by atoms with E-state index in [-0.39, 0.29) is 24.0 Å². The maximum absolute atomic E-state index is 12.6. The fourth-order valence-electron chi connectivity index (χ4n) is 2.98. The van der Waals surface area contributed by atoms with Gasteiger partial charge in [0.1, 0.15) is 6.10 Å². The predicted octanol–water partition coefficient (Wildman–Crippen LogP) is 2.86. The number of likely N-dealkylation sites (tertiary alicyclic amines) is 1. The number of esters is 1. The van der Waals surface area contributed by atoms with E-state index in [2.05, 4.69) is 6.92 Å². The van der Waals surface area contributed by atoms with E-state index in [1.165, 1.54) is 0 Å². The van der Waals surface area contributed by atoms with Crippen LogP contribution in [0, 0.1) is 5.41 Å². The third-order valence-electron chi connectivity index (χ3n) is 4.40.